The Hall–Kier alpha value is -1.44. The molecule has 0 aliphatic heterocycles. The van der Waals surface area contributed by atoms with Crippen molar-refractivity contribution < 1.29 is 0 Å². The van der Waals surface area contributed by atoms with E-state index in [0.29, 0.717) is 0 Å². The van der Waals surface area contributed by atoms with Gasteiger partial charge in [0.15, 0.2) is 0 Å². The van der Waals surface area contributed by atoms with E-state index in [1.54, 1.807) is 24.3 Å². The molecule has 2 heteroatoms. The fraction of sp³-hybridized carbons (Fsp3) is 0. The van der Waals surface area contributed by atoms with Gasteiger partial charge in [0.25, 0.3) is 0 Å². The van der Waals surface area contributed by atoms with Crippen molar-refractivity contribution in [3.8, 4) is 0 Å². The smallest absolute Gasteiger partial charge is 0.0315 e. The van der Waals surface area contributed by atoms with Crippen molar-refractivity contribution in [2.24, 2.45) is 0 Å². The average Bonchev–Trinajstić information content (AvgIpc) is 2.00. The van der Waals surface area contributed by atoms with Crippen molar-refractivity contribution >= 4 is 11.4 Å². The van der Waals surface area contributed by atoms with Crippen LogP contribution < -0.4 is 11.5 Å². The number of hydrogen-bond acceptors (Lipinski definition) is 2. The monoisotopic (exact) mass is 136 g/mol. The Morgan fingerprint density at radius 2 is 1.00 bits per heavy atom. The highest BCUT2D eigenvalue weighted by molar-refractivity contribution is 5.47. The molecule has 54 valence electrons. The van der Waals surface area contributed by atoms with E-state index in [0.717, 1.165) is 11.4 Å². The van der Waals surface area contributed by atoms with E-state index in [2.05, 4.69) is 13.2 Å². The molecule has 0 bridgehead atoms. The van der Waals surface area contributed by atoms with Crippen LogP contribution in [-0.2, 0) is 0 Å². The van der Waals surface area contributed by atoms with E-state index < -0.39 is 0 Å². The molecule has 0 aliphatic carbocycles. The second kappa shape index (κ2) is 4.44. The fourth-order valence-corrected chi connectivity index (χ4v) is 0.496. The lowest BCUT2D eigenvalue weighted by Gasteiger charge is -1.90. The fourth-order valence-electron chi connectivity index (χ4n) is 0.496. The van der Waals surface area contributed by atoms with Gasteiger partial charge in [0.1, 0.15) is 0 Å². The van der Waals surface area contributed by atoms with Gasteiger partial charge in [-0.1, -0.05) is 0 Å². The highest BCUT2D eigenvalue weighted by atomic mass is 14.6. The molecule has 0 aliphatic rings. The maximum absolute atomic E-state index is 5.37. The van der Waals surface area contributed by atoms with E-state index in [4.69, 9.17) is 11.5 Å². The van der Waals surface area contributed by atoms with E-state index in [-0.39, 0.29) is 0 Å². The van der Waals surface area contributed by atoms with Crippen LogP contribution in [-0.4, -0.2) is 0 Å². The SMILES string of the molecule is C=C.Nc1ccc(N)cc1. The largest absolute Gasteiger partial charge is 0.399 e. The predicted octanol–water partition coefficient (Wildman–Crippen LogP) is 1.65. The number of rotatable bonds is 0. The van der Waals surface area contributed by atoms with Gasteiger partial charge in [-0.3, -0.25) is 0 Å². The summed E-state index contributed by atoms with van der Waals surface area (Å²) < 4.78 is 0. The van der Waals surface area contributed by atoms with E-state index >= 15 is 0 Å². The van der Waals surface area contributed by atoms with Crippen LogP contribution in [0.4, 0.5) is 11.4 Å². The first kappa shape index (κ1) is 8.56. The molecule has 0 radical (unpaired) electrons. The minimum atomic E-state index is 0.749. The van der Waals surface area contributed by atoms with E-state index in [9.17, 15) is 0 Å². The summed E-state index contributed by atoms with van der Waals surface area (Å²) in [4.78, 5) is 0. The van der Waals surface area contributed by atoms with Crippen LogP contribution in [0.3, 0.4) is 0 Å². The van der Waals surface area contributed by atoms with Gasteiger partial charge < -0.3 is 11.5 Å². The standard InChI is InChI=1S/C6H8N2.C2H4/c7-5-1-2-6(8)4-3-5;1-2/h1-4H,7-8H2;1-2H2. The quantitative estimate of drug-likeness (QED) is 0.421. The second-order valence-electron chi connectivity index (χ2n) is 1.67. The number of nitrogens with two attached hydrogens (primary N) is 2. The van der Waals surface area contributed by atoms with E-state index in [1.165, 1.54) is 0 Å². The molecule has 0 fully saturated rings. The first-order valence-corrected chi connectivity index (χ1v) is 2.90. The molecule has 0 amide bonds. The third kappa shape index (κ3) is 2.77. The Balaban J connectivity index is 0.000000371. The number of benzene rings is 1. The minimum Gasteiger partial charge on any atom is -0.399 e. The minimum absolute atomic E-state index is 0.749. The zero-order valence-electron chi connectivity index (χ0n) is 5.88. The van der Waals surface area contributed by atoms with Crippen molar-refractivity contribution in [3.05, 3.63) is 37.4 Å². The molecule has 4 N–H and O–H groups in total. The van der Waals surface area contributed by atoms with Crippen LogP contribution in [0.1, 0.15) is 0 Å². The molecule has 0 aromatic heterocycles. The summed E-state index contributed by atoms with van der Waals surface area (Å²) in [5, 5.41) is 0. The third-order valence-electron chi connectivity index (χ3n) is 0.936. The Labute approximate surface area is 61.2 Å². The molecule has 2 nitrogen and oxygen atoms in total. The molecule has 0 saturated heterocycles. The Kier molecular flexibility index (Phi) is 3.80. The molecule has 0 saturated carbocycles. The van der Waals surface area contributed by atoms with Gasteiger partial charge in [0.2, 0.25) is 0 Å². The summed E-state index contributed by atoms with van der Waals surface area (Å²) in [6.45, 7) is 6.00. The summed E-state index contributed by atoms with van der Waals surface area (Å²) in [5.41, 5.74) is 12.2. The van der Waals surface area contributed by atoms with Gasteiger partial charge in [-0.15, -0.1) is 13.2 Å². The molecular formula is C8H12N2. The Morgan fingerprint density at radius 1 is 0.800 bits per heavy atom. The summed E-state index contributed by atoms with van der Waals surface area (Å²) in [5.74, 6) is 0. The molecule has 1 rings (SSSR count). The second-order valence-corrected chi connectivity index (χ2v) is 1.67. The lowest BCUT2D eigenvalue weighted by Crippen LogP contribution is -1.86. The number of anilines is 2. The highest BCUT2D eigenvalue weighted by Crippen LogP contribution is 2.04. The Morgan fingerprint density at radius 3 is 1.20 bits per heavy atom. The number of hydrogen-bond donors (Lipinski definition) is 2. The normalized spacial score (nSPS) is 7.60. The summed E-state index contributed by atoms with van der Waals surface area (Å²) in [6.07, 6.45) is 0. The zero-order chi connectivity index (χ0) is 7.98. The Bertz CT molecular complexity index is 158. The van der Waals surface area contributed by atoms with Gasteiger partial charge in [-0.25, -0.2) is 0 Å². The van der Waals surface area contributed by atoms with Gasteiger partial charge in [-0.05, 0) is 24.3 Å². The van der Waals surface area contributed by atoms with Gasteiger partial charge in [0, 0.05) is 11.4 Å². The lowest BCUT2D eigenvalue weighted by atomic mass is 10.3. The van der Waals surface area contributed by atoms with Crippen molar-refractivity contribution in [2.45, 2.75) is 0 Å². The van der Waals surface area contributed by atoms with Crippen LogP contribution in [0.5, 0.6) is 0 Å². The molecule has 10 heavy (non-hydrogen) atoms. The van der Waals surface area contributed by atoms with Crippen molar-refractivity contribution in [3.63, 3.8) is 0 Å². The van der Waals surface area contributed by atoms with Gasteiger partial charge in [-0.2, -0.15) is 0 Å². The molecule has 1 aromatic rings. The molecule has 0 heterocycles. The van der Waals surface area contributed by atoms with Crippen LogP contribution in [0.25, 0.3) is 0 Å². The highest BCUT2D eigenvalue weighted by Gasteiger charge is 1.80. The first-order chi connectivity index (χ1) is 4.79. The molecular weight excluding hydrogens is 124 g/mol. The van der Waals surface area contributed by atoms with Crippen LogP contribution in [0.15, 0.2) is 37.4 Å². The van der Waals surface area contributed by atoms with Crippen molar-refractivity contribution in [2.75, 3.05) is 11.5 Å². The van der Waals surface area contributed by atoms with Crippen LogP contribution >= 0.6 is 0 Å². The van der Waals surface area contributed by atoms with Gasteiger partial charge in [0.05, 0.1) is 0 Å². The maximum atomic E-state index is 5.37. The lowest BCUT2D eigenvalue weighted by molar-refractivity contribution is 1.67. The third-order valence-corrected chi connectivity index (χ3v) is 0.936. The maximum Gasteiger partial charge on any atom is 0.0315 e. The molecule has 0 atom stereocenters. The van der Waals surface area contributed by atoms with Gasteiger partial charge >= 0.3 is 0 Å². The molecule has 0 unspecified atom stereocenters. The summed E-state index contributed by atoms with van der Waals surface area (Å²) >= 11 is 0. The van der Waals surface area contributed by atoms with E-state index in [1.807, 2.05) is 0 Å². The van der Waals surface area contributed by atoms with Crippen LogP contribution in [0, 0.1) is 0 Å². The average molecular weight is 136 g/mol. The summed E-state index contributed by atoms with van der Waals surface area (Å²) in [7, 11) is 0. The van der Waals surface area contributed by atoms with Crippen molar-refractivity contribution in [1.29, 1.82) is 0 Å². The predicted molar refractivity (Wildman–Crippen MR) is 46.5 cm³/mol. The van der Waals surface area contributed by atoms with Crippen molar-refractivity contribution in [1.82, 2.24) is 0 Å². The topological polar surface area (TPSA) is 52.0 Å². The van der Waals surface area contributed by atoms with Crippen LogP contribution in [0.2, 0.25) is 0 Å². The summed E-state index contributed by atoms with van der Waals surface area (Å²) in [6, 6.07) is 7.09. The first-order valence-electron chi connectivity index (χ1n) is 2.90. The zero-order valence-corrected chi connectivity index (χ0v) is 5.88. The molecule has 0 spiro atoms. The molecule has 1 aromatic carbocycles. The number of nitrogen functional groups attached to an aromatic ring is 2.